The van der Waals surface area contributed by atoms with Crippen LogP contribution in [0.4, 0.5) is 5.69 Å². The summed E-state index contributed by atoms with van der Waals surface area (Å²) in [6.07, 6.45) is 0.906. The van der Waals surface area contributed by atoms with E-state index >= 15 is 0 Å². The molecule has 0 unspecified atom stereocenters. The number of anilines is 1. The van der Waals surface area contributed by atoms with Crippen LogP contribution in [0.25, 0.3) is 0 Å². The Morgan fingerprint density at radius 2 is 1.81 bits per heavy atom. The number of rotatable bonds is 6. The Hall–Kier alpha value is -2.53. The van der Waals surface area contributed by atoms with Crippen LogP contribution in [0.3, 0.4) is 0 Å². The van der Waals surface area contributed by atoms with Crippen molar-refractivity contribution in [2.24, 2.45) is 0 Å². The molecule has 0 aromatic heterocycles. The van der Waals surface area contributed by atoms with Gasteiger partial charge < -0.3 is 15.0 Å². The van der Waals surface area contributed by atoms with Gasteiger partial charge in [-0.1, -0.05) is 23.7 Å². The van der Waals surface area contributed by atoms with Crippen molar-refractivity contribution in [3.63, 3.8) is 0 Å². The lowest BCUT2D eigenvalue weighted by molar-refractivity contribution is -0.116. The highest BCUT2D eigenvalue weighted by Crippen LogP contribution is 2.31. The summed E-state index contributed by atoms with van der Waals surface area (Å²) < 4.78 is 5.26. The molecule has 0 aliphatic heterocycles. The number of benzene rings is 2. The zero-order valence-electron chi connectivity index (χ0n) is 15.4. The summed E-state index contributed by atoms with van der Waals surface area (Å²) >= 11 is 6.08. The predicted octanol–water partition coefficient (Wildman–Crippen LogP) is 3.93. The fourth-order valence-electron chi connectivity index (χ4n) is 2.47. The molecule has 2 aromatic rings. The predicted molar refractivity (Wildman–Crippen MR) is 104 cm³/mol. The van der Waals surface area contributed by atoms with Gasteiger partial charge in [-0.05, 0) is 42.7 Å². The molecular weight excluding hydrogens is 352 g/mol. The van der Waals surface area contributed by atoms with Gasteiger partial charge in [-0.15, -0.1) is 0 Å². The lowest BCUT2D eigenvalue weighted by Crippen LogP contribution is -2.21. The third-order valence-electron chi connectivity index (χ3n) is 4.00. The first-order valence-electron chi connectivity index (χ1n) is 8.26. The third kappa shape index (κ3) is 4.99. The quantitative estimate of drug-likeness (QED) is 0.833. The summed E-state index contributed by atoms with van der Waals surface area (Å²) in [5.74, 6) is 0.374. The molecule has 0 radical (unpaired) electrons. The summed E-state index contributed by atoms with van der Waals surface area (Å²) in [6.45, 7) is 1.87. The average Bonchev–Trinajstić information content (AvgIpc) is 2.62. The first-order valence-corrected chi connectivity index (χ1v) is 8.64. The number of methoxy groups -OCH3 is 1. The highest BCUT2D eigenvalue weighted by atomic mass is 35.5. The van der Waals surface area contributed by atoms with E-state index in [0.717, 1.165) is 11.1 Å². The maximum absolute atomic E-state index is 12.3. The number of ether oxygens (including phenoxy) is 1. The van der Waals surface area contributed by atoms with Gasteiger partial charge in [0.1, 0.15) is 5.75 Å². The number of aryl methyl sites for hydroxylation is 2. The Balaban J connectivity index is 1.97. The minimum Gasteiger partial charge on any atom is -0.495 e. The fourth-order valence-corrected chi connectivity index (χ4v) is 2.63. The number of nitrogens with zero attached hydrogens (tertiary/aromatic N) is 1. The Kier molecular flexibility index (Phi) is 6.64. The molecule has 0 atom stereocenters. The van der Waals surface area contributed by atoms with Crippen LogP contribution in [0.5, 0.6) is 5.75 Å². The lowest BCUT2D eigenvalue weighted by atomic mass is 10.1. The summed E-state index contributed by atoms with van der Waals surface area (Å²) in [7, 11) is 4.97. The van der Waals surface area contributed by atoms with Crippen molar-refractivity contribution in [3.8, 4) is 5.75 Å². The van der Waals surface area contributed by atoms with Gasteiger partial charge in [0, 0.05) is 37.2 Å². The fraction of sp³-hybridized carbons (Fsp3) is 0.300. The summed E-state index contributed by atoms with van der Waals surface area (Å²) in [5, 5.41) is 3.45. The van der Waals surface area contributed by atoms with Crippen LogP contribution in [-0.2, 0) is 11.2 Å². The molecule has 26 heavy (non-hydrogen) atoms. The minimum absolute atomic E-state index is 0.0421. The summed E-state index contributed by atoms with van der Waals surface area (Å²) in [6, 6.07) is 10.8. The molecule has 0 spiro atoms. The van der Waals surface area contributed by atoms with Crippen LogP contribution >= 0.6 is 11.6 Å². The van der Waals surface area contributed by atoms with Crippen molar-refractivity contribution in [3.05, 3.63) is 58.1 Å². The summed E-state index contributed by atoms with van der Waals surface area (Å²) in [5.41, 5.74) is 3.09. The van der Waals surface area contributed by atoms with Crippen LogP contribution in [0.2, 0.25) is 5.02 Å². The maximum Gasteiger partial charge on any atom is 0.253 e. The minimum atomic E-state index is -0.113. The van der Waals surface area contributed by atoms with Gasteiger partial charge in [0.25, 0.3) is 5.91 Å². The van der Waals surface area contributed by atoms with Gasteiger partial charge in [0.2, 0.25) is 5.91 Å². The molecule has 138 valence electrons. The smallest absolute Gasteiger partial charge is 0.253 e. The molecule has 0 aliphatic carbocycles. The Labute approximate surface area is 158 Å². The SMILES string of the molecule is COc1cc(Cl)c(C)cc1NC(=O)CCc1ccc(C(=O)N(C)C)cc1. The molecule has 0 fully saturated rings. The van der Waals surface area contributed by atoms with Crippen LogP contribution in [0.15, 0.2) is 36.4 Å². The number of hydrogen-bond donors (Lipinski definition) is 1. The van der Waals surface area contributed by atoms with Crippen LogP contribution in [0, 0.1) is 6.92 Å². The van der Waals surface area contributed by atoms with Gasteiger partial charge >= 0.3 is 0 Å². The van der Waals surface area contributed by atoms with Crippen LogP contribution in [0.1, 0.15) is 27.9 Å². The number of nitrogens with one attached hydrogen (secondary N) is 1. The monoisotopic (exact) mass is 374 g/mol. The third-order valence-corrected chi connectivity index (χ3v) is 4.41. The molecule has 2 amide bonds. The van der Waals surface area contributed by atoms with Crippen molar-refractivity contribution in [1.29, 1.82) is 0 Å². The number of amides is 2. The molecule has 5 nitrogen and oxygen atoms in total. The van der Waals surface area contributed by atoms with Gasteiger partial charge in [-0.25, -0.2) is 0 Å². The number of carbonyl (C=O) groups excluding carboxylic acids is 2. The van der Waals surface area contributed by atoms with Crippen LogP contribution in [-0.4, -0.2) is 37.9 Å². The normalized spacial score (nSPS) is 10.3. The van der Waals surface area contributed by atoms with E-state index in [1.807, 2.05) is 19.1 Å². The van der Waals surface area contributed by atoms with Crippen LogP contribution < -0.4 is 10.1 Å². The molecule has 0 heterocycles. The molecule has 1 N–H and O–H groups in total. The standard InChI is InChI=1S/C20H23ClN2O3/c1-13-11-17(18(26-4)12-16(13)21)22-19(24)10-7-14-5-8-15(9-6-14)20(25)23(2)3/h5-6,8-9,11-12H,7,10H2,1-4H3,(H,22,24). The van der Waals surface area contributed by atoms with E-state index in [9.17, 15) is 9.59 Å². The Bertz CT molecular complexity index is 801. The molecule has 0 saturated heterocycles. The topological polar surface area (TPSA) is 58.6 Å². The van der Waals surface area contributed by atoms with Crippen molar-refractivity contribution in [1.82, 2.24) is 4.90 Å². The number of halogens is 1. The molecule has 0 aliphatic rings. The highest BCUT2D eigenvalue weighted by molar-refractivity contribution is 6.31. The second kappa shape index (κ2) is 8.72. The number of hydrogen-bond acceptors (Lipinski definition) is 3. The highest BCUT2D eigenvalue weighted by Gasteiger charge is 2.11. The van der Waals surface area contributed by atoms with Crippen molar-refractivity contribution >= 4 is 29.1 Å². The van der Waals surface area contributed by atoms with E-state index in [1.165, 1.54) is 12.0 Å². The number of carbonyl (C=O) groups is 2. The zero-order valence-corrected chi connectivity index (χ0v) is 16.2. The Morgan fingerprint density at radius 1 is 1.15 bits per heavy atom. The van der Waals surface area contributed by atoms with Crippen molar-refractivity contribution in [2.75, 3.05) is 26.5 Å². The van der Waals surface area contributed by atoms with Crippen molar-refractivity contribution < 1.29 is 14.3 Å². The van der Waals surface area contributed by atoms with E-state index in [0.29, 0.717) is 34.9 Å². The summed E-state index contributed by atoms with van der Waals surface area (Å²) in [4.78, 5) is 25.7. The van der Waals surface area contributed by atoms with E-state index < -0.39 is 0 Å². The van der Waals surface area contributed by atoms with Gasteiger partial charge in [0.15, 0.2) is 0 Å². The maximum atomic E-state index is 12.3. The molecule has 6 heteroatoms. The molecule has 2 aromatic carbocycles. The van der Waals surface area contributed by atoms with Gasteiger partial charge in [-0.2, -0.15) is 0 Å². The first kappa shape index (κ1) is 19.8. The first-order chi connectivity index (χ1) is 12.3. The molecule has 0 saturated carbocycles. The van der Waals surface area contributed by atoms with E-state index in [2.05, 4.69) is 5.32 Å². The van der Waals surface area contributed by atoms with Gasteiger partial charge in [-0.3, -0.25) is 9.59 Å². The largest absolute Gasteiger partial charge is 0.495 e. The second-order valence-electron chi connectivity index (χ2n) is 6.25. The zero-order chi connectivity index (χ0) is 19.3. The lowest BCUT2D eigenvalue weighted by Gasteiger charge is -2.12. The molecular formula is C20H23ClN2O3. The van der Waals surface area contributed by atoms with E-state index in [1.54, 1.807) is 38.4 Å². The molecule has 2 rings (SSSR count). The van der Waals surface area contributed by atoms with Gasteiger partial charge in [0.05, 0.1) is 12.8 Å². The van der Waals surface area contributed by atoms with E-state index in [4.69, 9.17) is 16.3 Å². The second-order valence-corrected chi connectivity index (χ2v) is 6.65. The van der Waals surface area contributed by atoms with Crippen molar-refractivity contribution in [2.45, 2.75) is 19.8 Å². The Morgan fingerprint density at radius 3 is 2.38 bits per heavy atom. The molecule has 0 bridgehead atoms. The average molecular weight is 375 g/mol. The van der Waals surface area contributed by atoms with E-state index in [-0.39, 0.29) is 11.8 Å².